The average molecular weight is 373 g/mol. The number of rotatable bonds is 8. The molecule has 1 saturated heterocycles. The molecule has 3 rings (SSSR count). The highest BCUT2D eigenvalue weighted by Gasteiger charge is 2.27. The van der Waals surface area contributed by atoms with Crippen molar-refractivity contribution in [3.63, 3.8) is 0 Å². The normalized spacial score (nSPS) is 19.7. The number of methoxy groups -OCH3 is 1. The Bertz CT molecular complexity index is 714. The summed E-state index contributed by atoms with van der Waals surface area (Å²) >= 11 is 1.57. The minimum atomic E-state index is -0.279. The van der Waals surface area contributed by atoms with Crippen LogP contribution in [-0.4, -0.2) is 36.9 Å². The van der Waals surface area contributed by atoms with Gasteiger partial charge in [0.1, 0.15) is 11.5 Å². The van der Waals surface area contributed by atoms with Crippen LogP contribution in [0.2, 0.25) is 0 Å². The summed E-state index contributed by atoms with van der Waals surface area (Å²) in [5.74, 6) is 2.15. The molecule has 1 fully saturated rings. The van der Waals surface area contributed by atoms with Crippen LogP contribution in [0.5, 0.6) is 11.5 Å². The molecule has 26 heavy (non-hydrogen) atoms. The van der Waals surface area contributed by atoms with Gasteiger partial charge in [-0.1, -0.05) is 42.5 Å². The fourth-order valence-corrected chi connectivity index (χ4v) is 3.41. The van der Waals surface area contributed by atoms with Gasteiger partial charge in [-0.15, -0.1) is 11.8 Å². The van der Waals surface area contributed by atoms with Gasteiger partial charge >= 0.3 is 0 Å². The smallest absolute Gasteiger partial charge is 0.240 e. The second-order valence-corrected chi connectivity index (χ2v) is 7.00. The van der Waals surface area contributed by atoms with Gasteiger partial charge in [0.05, 0.1) is 13.7 Å². The molecule has 2 aromatic rings. The molecule has 2 unspecified atom stereocenters. The number of para-hydroxylation sites is 2. The van der Waals surface area contributed by atoms with Crippen molar-refractivity contribution in [1.29, 1.82) is 0 Å². The first-order valence-corrected chi connectivity index (χ1v) is 9.54. The summed E-state index contributed by atoms with van der Waals surface area (Å²) in [7, 11) is 1.62. The first kappa shape index (κ1) is 18.6. The molecule has 1 heterocycles. The topological polar surface area (TPSA) is 71.6 Å². The zero-order chi connectivity index (χ0) is 18.2. The maximum Gasteiger partial charge on any atom is 0.240 e. The molecular formula is C19H23N3O3S. The molecule has 0 saturated carbocycles. The zero-order valence-corrected chi connectivity index (χ0v) is 15.4. The summed E-state index contributed by atoms with van der Waals surface area (Å²) in [5.41, 5.74) is 7.18. The summed E-state index contributed by atoms with van der Waals surface area (Å²) in [5, 5.41) is 2.98. The van der Waals surface area contributed by atoms with E-state index in [-0.39, 0.29) is 17.4 Å². The number of hydrogen-bond donors (Lipinski definition) is 3. The van der Waals surface area contributed by atoms with Crippen molar-refractivity contribution in [2.45, 2.75) is 18.0 Å². The highest BCUT2D eigenvalue weighted by Crippen LogP contribution is 2.25. The largest absolute Gasteiger partial charge is 0.493 e. The summed E-state index contributed by atoms with van der Waals surface area (Å²) in [6, 6.07) is 17.2. The third-order valence-electron chi connectivity index (χ3n) is 3.96. The fourth-order valence-electron chi connectivity index (χ4n) is 2.64. The van der Waals surface area contributed by atoms with Gasteiger partial charge in [-0.2, -0.15) is 0 Å². The van der Waals surface area contributed by atoms with Gasteiger partial charge in [-0.05, 0) is 24.1 Å². The quantitative estimate of drug-likeness (QED) is 0.614. The van der Waals surface area contributed by atoms with Gasteiger partial charge < -0.3 is 14.8 Å². The van der Waals surface area contributed by atoms with Crippen LogP contribution in [0.25, 0.3) is 0 Å². The summed E-state index contributed by atoms with van der Waals surface area (Å²) in [4.78, 5) is 12.3. The van der Waals surface area contributed by atoms with Gasteiger partial charge in [0.15, 0.2) is 11.5 Å². The van der Waals surface area contributed by atoms with Crippen LogP contribution in [0, 0.1) is 0 Å². The van der Waals surface area contributed by atoms with E-state index in [9.17, 15) is 4.79 Å². The molecule has 0 radical (unpaired) electrons. The highest BCUT2D eigenvalue weighted by atomic mass is 32.2. The Labute approximate surface area is 157 Å². The number of nitrogens with one attached hydrogen (secondary N) is 3. The lowest BCUT2D eigenvalue weighted by Crippen LogP contribution is -2.64. The lowest BCUT2D eigenvalue weighted by Gasteiger charge is -2.31. The minimum absolute atomic E-state index is 0.00394. The molecule has 1 aliphatic heterocycles. The number of amides is 1. The van der Waals surface area contributed by atoms with Crippen LogP contribution in [0.1, 0.15) is 5.56 Å². The number of carbonyl (C=O) groups is 1. The molecule has 1 aliphatic rings. The Hall–Kier alpha value is -2.22. The number of hydrazine groups is 1. The van der Waals surface area contributed by atoms with E-state index in [0.29, 0.717) is 18.8 Å². The molecule has 1 amide bonds. The van der Waals surface area contributed by atoms with Crippen LogP contribution in [0.4, 0.5) is 0 Å². The molecule has 2 aromatic carbocycles. The summed E-state index contributed by atoms with van der Waals surface area (Å²) < 4.78 is 11.0. The molecule has 7 heteroatoms. The Kier molecular flexibility index (Phi) is 6.76. The van der Waals surface area contributed by atoms with Gasteiger partial charge in [0.2, 0.25) is 5.91 Å². The first-order chi connectivity index (χ1) is 12.8. The molecular weight excluding hydrogens is 350 g/mol. The zero-order valence-electron chi connectivity index (χ0n) is 14.6. The molecule has 0 spiro atoms. The number of hydrogen-bond acceptors (Lipinski definition) is 6. The van der Waals surface area contributed by atoms with Crippen LogP contribution >= 0.6 is 11.8 Å². The predicted octanol–water partition coefficient (Wildman–Crippen LogP) is 1.93. The van der Waals surface area contributed by atoms with Gasteiger partial charge in [-0.3, -0.25) is 4.79 Å². The number of ether oxygens (including phenoxy) is 2. The van der Waals surface area contributed by atoms with E-state index in [2.05, 4.69) is 16.2 Å². The molecule has 0 aliphatic carbocycles. The standard InChI is InChI=1S/C19H23N3O3S/c1-24-16-9-5-6-10-17(16)25-11-12-26-19-20-18(23)15(21-22-19)13-14-7-3-2-4-8-14/h2-10,15,19,21-22H,11-13H2,1H3,(H,20,23). The number of benzene rings is 2. The van der Waals surface area contributed by atoms with Crippen molar-refractivity contribution < 1.29 is 14.3 Å². The Balaban J connectivity index is 1.39. The van der Waals surface area contributed by atoms with Crippen molar-refractivity contribution >= 4 is 17.7 Å². The third kappa shape index (κ3) is 5.14. The van der Waals surface area contributed by atoms with Crippen molar-refractivity contribution in [3.05, 3.63) is 60.2 Å². The number of thioether (sulfide) groups is 1. The predicted molar refractivity (Wildman–Crippen MR) is 103 cm³/mol. The second kappa shape index (κ2) is 9.47. The minimum Gasteiger partial charge on any atom is -0.493 e. The van der Waals surface area contributed by atoms with Crippen LogP contribution in [0.15, 0.2) is 54.6 Å². The van der Waals surface area contributed by atoms with Crippen molar-refractivity contribution in [2.75, 3.05) is 19.5 Å². The van der Waals surface area contributed by atoms with E-state index in [4.69, 9.17) is 9.47 Å². The van der Waals surface area contributed by atoms with Crippen molar-refractivity contribution in [3.8, 4) is 11.5 Å². The lowest BCUT2D eigenvalue weighted by atomic mass is 10.1. The monoisotopic (exact) mass is 373 g/mol. The van der Waals surface area contributed by atoms with Gasteiger partial charge in [0.25, 0.3) is 0 Å². The van der Waals surface area contributed by atoms with Gasteiger partial charge in [0, 0.05) is 5.75 Å². The van der Waals surface area contributed by atoms with Crippen molar-refractivity contribution in [1.82, 2.24) is 16.2 Å². The Morgan fingerprint density at radius 1 is 1.00 bits per heavy atom. The molecule has 2 atom stereocenters. The van der Waals surface area contributed by atoms with Crippen LogP contribution in [-0.2, 0) is 11.2 Å². The van der Waals surface area contributed by atoms with E-state index in [1.807, 2.05) is 54.6 Å². The Morgan fingerprint density at radius 3 is 2.46 bits per heavy atom. The van der Waals surface area contributed by atoms with Crippen molar-refractivity contribution in [2.24, 2.45) is 0 Å². The molecule has 0 aromatic heterocycles. The van der Waals surface area contributed by atoms with Crippen LogP contribution < -0.4 is 25.6 Å². The Morgan fingerprint density at radius 2 is 1.73 bits per heavy atom. The maximum atomic E-state index is 12.3. The highest BCUT2D eigenvalue weighted by molar-refractivity contribution is 7.99. The fraction of sp³-hybridized carbons (Fsp3) is 0.316. The lowest BCUT2D eigenvalue weighted by molar-refractivity contribution is -0.125. The molecule has 138 valence electrons. The van der Waals surface area contributed by atoms with E-state index in [1.54, 1.807) is 18.9 Å². The van der Waals surface area contributed by atoms with Crippen LogP contribution in [0.3, 0.4) is 0 Å². The molecule has 0 bridgehead atoms. The summed E-state index contributed by atoms with van der Waals surface area (Å²) in [6.07, 6.45) is 0.647. The third-order valence-corrected chi connectivity index (χ3v) is 4.93. The van der Waals surface area contributed by atoms with E-state index in [0.717, 1.165) is 17.1 Å². The van der Waals surface area contributed by atoms with E-state index >= 15 is 0 Å². The van der Waals surface area contributed by atoms with E-state index in [1.165, 1.54) is 0 Å². The summed E-state index contributed by atoms with van der Waals surface area (Å²) in [6.45, 7) is 0.520. The average Bonchev–Trinajstić information content (AvgIpc) is 2.68. The second-order valence-electron chi connectivity index (χ2n) is 5.79. The molecule has 3 N–H and O–H groups in total. The van der Waals surface area contributed by atoms with E-state index < -0.39 is 0 Å². The molecule has 6 nitrogen and oxygen atoms in total. The first-order valence-electron chi connectivity index (χ1n) is 8.49. The number of carbonyl (C=O) groups excluding carboxylic acids is 1. The maximum absolute atomic E-state index is 12.3. The van der Waals surface area contributed by atoms with Gasteiger partial charge in [-0.25, -0.2) is 10.9 Å². The SMILES string of the molecule is COc1ccccc1OCCSC1NNC(Cc2ccccc2)C(=O)N1.